The number of para-hydroxylation sites is 1. The Labute approximate surface area is 159 Å². The number of aromatic nitrogens is 2. The number of nitrogens with zero attached hydrogens (tertiary/aromatic N) is 2. The van der Waals surface area contributed by atoms with E-state index in [2.05, 4.69) is 20.6 Å². The average Bonchev–Trinajstić information content (AvgIpc) is 2.65. The fraction of sp³-hybridized carbons (Fsp3) is 0.227. The lowest BCUT2D eigenvalue weighted by Crippen LogP contribution is -2.27. The second-order valence-corrected chi connectivity index (χ2v) is 6.68. The van der Waals surface area contributed by atoms with Gasteiger partial charge in [0.25, 0.3) is 5.91 Å². The third-order valence-corrected chi connectivity index (χ3v) is 4.45. The fourth-order valence-corrected chi connectivity index (χ4v) is 2.98. The molecule has 1 heterocycles. The first-order valence-corrected chi connectivity index (χ1v) is 8.99. The largest absolute Gasteiger partial charge is 0.344 e. The summed E-state index contributed by atoms with van der Waals surface area (Å²) in [6.07, 6.45) is 0. The molecule has 1 amide bonds. The minimum Gasteiger partial charge on any atom is -0.344 e. The molecule has 0 aliphatic carbocycles. The molecule has 5 nitrogen and oxygen atoms in total. The number of hydrogen-bond acceptors (Lipinski definition) is 4. The lowest BCUT2D eigenvalue weighted by molar-refractivity contribution is 0.0934. The van der Waals surface area contributed by atoms with Gasteiger partial charge in [-0.25, -0.2) is 9.97 Å². The predicted molar refractivity (Wildman–Crippen MR) is 108 cm³/mol. The highest BCUT2D eigenvalue weighted by atomic mass is 16.1. The van der Waals surface area contributed by atoms with Gasteiger partial charge in [-0.2, -0.15) is 0 Å². The molecule has 0 radical (unpaired) electrons. The molecule has 0 fully saturated rings. The van der Waals surface area contributed by atoms with Crippen molar-refractivity contribution in [3.05, 3.63) is 82.8 Å². The zero-order valence-corrected chi connectivity index (χ0v) is 16.1. The van der Waals surface area contributed by atoms with Crippen molar-refractivity contribution in [2.75, 3.05) is 5.32 Å². The van der Waals surface area contributed by atoms with Crippen molar-refractivity contribution in [2.45, 2.75) is 33.7 Å². The fourth-order valence-electron chi connectivity index (χ4n) is 2.98. The highest BCUT2D eigenvalue weighted by Crippen LogP contribution is 2.23. The van der Waals surface area contributed by atoms with Crippen molar-refractivity contribution in [1.29, 1.82) is 0 Å². The molecule has 1 unspecified atom stereocenters. The van der Waals surface area contributed by atoms with Gasteiger partial charge in [-0.3, -0.25) is 4.79 Å². The van der Waals surface area contributed by atoms with E-state index in [1.807, 2.05) is 69.3 Å². The molecular weight excluding hydrogens is 336 g/mol. The van der Waals surface area contributed by atoms with Gasteiger partial charge < -0.3 is 10.6 Å². The van der Waals surface area contributed by atoms with Crippen molar-refractivity contribution in [3.8, 4) is 0 Å². The summed E-state index contributed by atoms with van der Waals surface area (Å²) in [5, 5.41) is 6.33. The second-order valence-electron chi connectivity index (χ2n) is 6.68. The minimum absolute atomic E-state index is 0.107. The number of nitrogens with one attached hydrogen (secondary N) is 2. The van der Waals surface area contributed by atoms with Crippen LogP contribution in [-0.4, -0.2) is 15.9 Å². The molecule has 1 atom stereocenters. The summed E-state index contributed by atoms with van der Waals surface area (Å²) >= 11 is 0. The van der Waals surface area contributed by atoms with Gasteiger partial charge in [0.15, 0.2) is 0 Å². The Morgan fingerprint density at radius 3 is 2.26 bits per heavy atom. The Bertz CT molecular complexity index is 934. The molecule has 0 saturated carbocycles. The number of benzene rings is 2. The Balaban J connectivity index is 1.81. The molecule has 0 bridgehead atoms. The third-order valence-electron chi connectivity index (χ3n) is 4.45. The molecule has 0 saturated heterocycles. The molecule has 0 aliphatic heterocycles. The van der Waals surface area contributed by atoms with E-state index in [0.29, 0.717) is 17.3 Å². The van der Waals surface area contributed by atoms with Crippen LogP contribution in [0.3, 0.4) is 0 Å². The first-order chi connectivity index (χ1) is 12.9. The van der Waals surface area contributed by atoms with E-state index in [1.54, 1.807) is 13.0 Å². The number of carbonyl (C=O) groups is 1. The first-order valence-electron chi connectivity index (χ1n) is 8.99. The highest BCUT2D eigenvalue weighted by Gasteiger charge is 2.15. The van der Waals surface area contributed by atoms with E-state index in [9.17, 15) is 4.79 Å². The van der Waals surface area contributed by atoms with Crippen LogP contribution < -0.4 is 10.6 Å². The minimum atomic E-state index is -0.221. The number of anilines is 2. The molecule has 3 rings (SSSR count). The number of carbonyl (C=O) groups excluding carboxylic acids is 1. The molecule has 27 heavy (non-hydrogen) atoms. The zero-order chi connectivity index (χ0) is 19.4. The predicted octanol–water partition coefficient (Wildman–Crippen LogP) is 4.64. The quantitative estimate of drug-likeness (QED) is 0.696. The van der Waals surface area contributed by atoms with Gasteiger partial charge in [-0.1, -0.05) is 48.5 Å². The van der Waals surface area contributed by atoms with Crippen LogP contribution in [0.15, 0.2) is 54.6 Å². The molecular formula is C22H24N4O. The standard InChI is InChI=1S/C22H24N4O/c1-14-9-8-10-15(2)21(14)26-20-13-19(24-17(4)25-20)22(27)23-16(3)18-11-6-5-7-12-18/h5-13,16H,1-4H3,(H,23,27)(H,24,25,26). The summed E-state index contributed by atoms with van der Waals surface area (Å²) in [5.41, 5.74) is 4.63. The summed E-state index contributed by atoms with van der Waals surface area (Å²) in [6, 6.07) is 17.5. The number of rotatable bonds is 5. The molecule has 3 aromatic rings. The van der Waals surface area contributed by atoms with Crippen LogP contribution in [-0.2, 0) is 0 Å². The van der Waals surface area contributed by atoms with Gasteiger partial charge in [0, 0.05) is 11.8 Å². The van der Waals surface area contributed by atoms with Gasteiger partial charge >= 0.3 is 0 Å². The van der Waals surface area contributed by atoms with Crippen molar-refractivity contribution in [1.82, 2.24) is 15.3 Å². The molecule has 0 aliphatic rings. The number of amides is 1. The van der Waals surface area contributed by atoms with Crippen molar-refractivity contribution >= 4 is 17.4 Å². The van der Waals surface area contributed by atoms with E-state index in [1.165, 1.54) is 0 Å². The van der Waals surface area contributed by atoms with Crippen LogP contribution >= 0.6 is 0 Å². The average molecular weight is 360 g/mol. The number of hydrogen-bond donors (Lipinski definition) is 2. The van der Waals surface area contributed by atoms with Crippen LogP contribution in [0.2, 0.25) is 0 Å². The van der Waals surface area contributed by atoms with Gasteiger partial charge in [-0.15, -0.1) is 0 Å². The molecule has 5 heteroatoms. The van der Waals surface area contributed by atoms with E-state index in [0.717, 1.165) is 22.4 Å². The highest BCUT2D eigenvalue weighted by molar-refractivity contribution is 5.93. The molecule has 138 valence electrons. The van der Waals surface area contributed by atoms with Gasteiger partial charge in [0.2, 0.25) is 0 Å². The van der Waals surface area contributed by atoms with Gasteiger partial charge in [-0.05, 0) is 44.4 Å². The Morgan fingerprint density at radius 1 is 0.926 bits per heavy atom. The molecule has 2 N–H and O–H groups in total. The van der Waals surface area contributed by atoms with Crippen molar-refractivity contribution < 1.29 is 4.79 Å². The van der Waals surface area contributed by atoms with Crippen LogP contribution in [0.25, 0.3) is 0 Å². The lowest BCUT2D eigenvalue weighted by Gasteiger charge is -2.15. The van der Waals surface area contributed by atoms with Gasteiger partial charge in [0.1, 0.15) is 17.3 Å². The van der Waals surface area contributed by atoms with E-state index >= 15 is 0 Å². The SMILES string of the molecule is Cc1nc(Nc2c(C)cccc2C)cc(C(=O)NC(C)c2ccccc2)n1. The summed E-state index contributed by atoms with van der Waals surface area (Å²) in [5.74, 6) is 0.933. The van der Waals surface area contributed by atoms with E-state index in [-0.39, 0.29) is 11.9 Å². The van der Waals surface area contributed by atoms with Crippen molar-refractivity contribution in [3.63, 3.8) is 0 Å². The maximum absolute atomic E-state index is 12.7. The van der Waals surface area contributed by atoms with Crippen LogP contribution in [0.4, 0.5) is 11.5 Å². The zero-order valence-electron chi connectivity index (χ0n) is 16.1. The van der Waals surface area contributed by atoms with Crippen LogP contribution in [0, 0.1) is 20.8 Å². The van der Waals surface area contributed by atoms with Gasteiger partial charge in [0.05, 0.1) is 6.04 Å². The van der Waals surface area contributed by atoms with Crippen LogP contribution in [0.1, 0.15) is 46.0 Å². The topological polar surface area (TPSA) is 66.9 Å². The summed E-state index contributed by atoms with van der Waals surface area (Å²) in [6.45, 7) is 7.82. The normalized spacial score (nSPS) is 11.7. The summed E-state index contributed by atoms with van der Waals surface area (Å²) in [4.78, 5) is 21.4. The summed E-state index contributed by atoms with van der Waals surface area (Å²) in [7, 11) is 0. The lowest BCUT2D eigenvalue weighted by atomic mass is 10.1. The second kappa shape index (κ2) is 7.99. The Morgan fingerprint density at radius 2 is 1.59 bits per heavy atom. The van der Waals surface area contributed by atoms with Crippen molar-refractivity contribution in [2.24, 2.45) is 0 Å². The van der Waals surface area contributed by atoms with E-state index in [4.69, 9.17) is 0 Å². The molecule has 0 spiro atoms. The third kappa shape index (κ3) is 4.50. The van der Waals surface area contributed by atoms with Crippen LogP contribution in [0.5, 0.6) is 0 Å². The first kappa shape index (κ1) is 18.6. The summed E-state index contributed by atoms with van der Waals surface area (Å²) < 4.78 is 0. The smallest absolute Gasteiger partial charge is 0.270 e. The van der Waals surface area contributed by atoms with E-state index < -0.39 is 0 Å². The molecule has 1 aromatic heterocycles. The Kier molecular flexibility index (Phi) is 5.50. The Hall–Kier alpha value is -3.21. The maximum Gasteiger partial charge on any atom is 0.270 e. The maximum atomic E-state index is 12.7. The number of aryl methyl sites for hydroxylation is 3. The molecule has 2 aromatic carbocycles. The monoisotopic (exact) mass is 360 g/mol.